The van der Waals surface area contributed by atoms with Gasteiger partial charge in [0.25, 0.3) is 10.0 Å². The predicted molar refractivity (Wildman–Crippen MR) is 162 cm³/mol. The molecular weight excluding hydrogens is 593 g/mol. The van der Waals surface area contributed by atoms with E-state index in [4.69, 9.17) is 34.8 Å². The van der Waals surface area contributed by atoms with Gasteiger partial charge >= 0.3 is 0 Å². The van der Waals surface area contributed by atoms with E-state index in [0.717, 1.165) is 9.87 Å². The van der Waals surface area contributed by atoms with Gasteiger partial charge < -0.3 is 10.2 Å². The Morgan fingerprint density at radius 1 is 0.925 bits per heavy atom. The number of halogens is 3. The second kappa shape index (κ2) is 13.7. The summed E-state index contributed by atoms with van der Waals surface area (Å²) in [6.07, 6.45) is 0.294. The quantitative estimate of drug-likeness (QED) is 0.265. The van der Waals surface area contributed by atoms with Crippen LogP contribution in [0, 0.1) is 6.92 Å². The van der Waals surface area contributed by atoms with Gasteiger partial charge in [0.05, 0.1) is 10.6 Å². The van der Waals surface area contributed by atoms with Crippen LogP contribution in [0.5, 0.6) is 0 Å². The van der Waals surface area contributed by atoms with Crippen LogP contribution in [0.3, 0.4) is 0 Å². The van der Waals surface area contributed by atoms with Gasteiger partial charge in [-0.3, -0.25) is 13.9 Å². The monoisotopic (exact) mass is 623 g/mol. The van der Waals surface area contributed by atoms with Crippen molar-refractivity contribution in [3.05, 3.63) is 92.9 Å². The number of amides is 2. The summed E-state index contributed by atoms with van der Waals surface area (Å²) in [7, 11) is -4.24. The standard InChI is InChI=1S/C29H32Cl3N3O4S/c1-5-27(29(37)33-19(2)3)34(17-21-8-6-7-9-26(21)32)28(36)18-35(24-15-22(30)14-23(31)16-24)40(38,39)25-12-10-20(4)11-13-25/h6-16,19,27H,5,17-18H2,1-4H3,(H,33,37)/t27-/m0/s1. The van der Waals surface area contributed by atoms with Crippen LogP contribution in [0.25, 0.3) is 0 Å². The Morgan fingerprint density at radius 2 is 1.52 bits per heavy atom. The maximum absolute atomic E-state index is 14.1. The molecule has 3 rings (SSSR count). The van der Waals surface area contributed by atoms with Crippen LogP contribution in [0.2, 0.25) is 15.1 Å². The van der Waals surface area contributed by atoms with E-state index in [-0.39, 0.29) is 39.1 Å². The molecule has 0 saturated heterocycles. The van der Waals surface area contributed by atoms with Crippen LogP contribution in [-0.4, -0.2) is 43.8 Å². The van der Waals surface area contributed by atoms with Gasteiger partial charge in [0.2, 0.25) is 11.8 Å². The molecule has 214 valence electrons. The minimum atomic E-state index is -4.24. The highest BCUT2D eigenvalue weighted by Crippen LogP contribution is 2.30. The number of carbonyl (C=O) groups excluding carboxylic acids is 2. The number of sulfonamides is 1. The fourth-order valence-corrected chi connectivity index (χ4v) is 6.27. The lowest BCUT2D eigenvalue weighted by atomic mass is 10.1. The number of rotatable bonds is 11. The molecule has 0 fully saturated rings. The zero-order chi connectivity index (χ0) is 29.6. The summed E-state index contributed by atoms with van der Waals surface area (Å²) in [5, 5.41) is 3.69. The van der Waals surface area contributed by atoms with Crippen LogP contribution in [0.15, 0.2) is 71.6 Å². The SMILES string of the molecule is CC[C@@H](C(=O)NC(C)C)N(Cc1ccccc1Cl)C(=O)CN(c1cc(Cl)cc(Cl)c1)S(=O)(=O)c1ccc(C)cc1. The first-order valence-electron chi connectivity index (χ1n) is 12.7. The van der Waals surface area contributed by atoms with E-state index in [1.165, 1.54) is 35.2 Å². The van der Waals surface area contributed by atoms with Crippen LogP contribution in [-0.2, 0) is 26.2 Å². The van der Waals surface area contributed by atoms with Crippen LogP contribution < -0.4 is 9.62 Å². The van der Waals surface area contributed by atoms with Gasteiger partial charge in [0.15, 0.2) is 0 Å². The first-order valence-corrected chi connectivity index (χ1v) is 15.3. The smallest absolute Gasteiger partial charge is 0.264 e. The minimum Gasteiger partial charge on any atom is -0.352 e. The molecule has 40 heavy (non-hydrogen) atoms. The number of anilines is 1. The number of hydrogen-bond acceptors (Lipinski definition) is 4. The minimum absolute atomic E-state index is 0.00273. The zero-order valence-electron chi connectivity index (χ0n) is 22.7. The van der Waals surface area contributed by atoms with E-state index in [1.54, 1.807) is 43.3 Å². The fourth-order valence-electron chi connectivity index (χ4n) is 4.16. The Morgan fingerprint density at radius 3 is 2.08 bits per heavy atom. The largest absolute Gasteiger partial charge is 0.352 e. The molecule has 11 heteroatoms. The Bertz CT molecular complexity index is 1440. The van der Waals surface area contributed by atoms with E-state index < -0.39 is 28.5 Å². The van der Waals surface area contributed by atoms with Crippen molar-refractivity contribution in [3.8, 4) is 0 Å². The number of benzene rings is 3. The third-order valence-electron chi connectivity index (χ3n) is 6.14. The number of nitrogens with one attached hydrogen (secondary N) is 1. The van der Waals surface area contributed by atoms with Crippen LogP contribution >= 0.6 is 34.8 Å². The lowest BCUT2D eigenvalue weighted by molar-refractivity contribution is -0.140. The molecule has 0 bridgehead atoms. The molecular formula is C29H32Cl3N3O4S. The van der Waals surface area contributed by atoms with Crippen molar-refractivity contribution in [2.24, 2.45) is 0 Å². The summed E-state index contributed by atoms with van der Waals surface area (Å²) in [4.78, 5) is 28.6. The molecule has 3 aromatic rings. The molecule has 0 saturated carbocycles. The van der Waals surface area contributed by atoms with E-state index >= 15 is 0 Å². The van der Waals surface area contributed by atoms with Gasteiger partial charge in [0, 0.05) is 27.7 Å². The molecule has 0 unspecified atom stereocenters. The van der Waals surface area contributed by atoms with Gasteiger partial charge in [0.1, 0.15) is 12.6 Å². The maximum atomic E-state index is 14.1. The third-order valence-corrected chi connectivity index (χ3v) is 8.73. The summed E-state index contributed by atoms with van der Waals surface area (Å²) in [5.74, 6) is -0.950. The van der Waals surface area contributed by atoms with Gasteiger partial charge in [-0.25, -0.2) is 8.42 Å². The van der Waals surface area contributed by atoms with Gasteiger partial charge in [-0.05, 0) is 69.2 Å². The van der Waals surface area contributed by atoms with Crippen molar-refractivity contribution in [2.75, 3.05) is 10.8 Å². The highest BCUT2D eigenvalue weighted by Gasteiger charge is 2.34. The highest BCUT2D eigenvalue weighted by atomic mass is 35.5. The summed E-state index contributed by atoms with van der Waals surface area (Å²) < 4.78 is 28.8. The average Bonchev–Trinajstić information content (AvgIpc) is 2.87. The zero-order valence-corrected chi connectivity index (χ0v) is 25.8. The Hall–Kier alpha value is -2.78. The lowest BCUT2D eigenvalue weighted by Crippen LogP contribution is -2.53. The van der Waals surface area contributed by atoms with Crippen LogP contribution in [0.1, 0.15) is 38.3 Å². The van der Waals surface area contributed by atoms with E-state index in [9.17, 15) is 18.0 Å². The van der Waals surface area contributed by atoms with Gasteiger partial charge in [-0.15, -0.1) is 0 Å². The van der Waals surface area contributed by atoms with Crippen molar-refractivity contribution < 1.29 is 18.0 Å². The van der Waals surface area contributed by atoms with Crippen LogP contribution in [0.4, 0.5) is 5.69 Å². The molecule has 0 aliphatic carbocycles. The first-order chi connectivity index (χ1) is 18.8. The molecule has 1 N–H and O–H groups in total. The van der Waals surface area contributed by atoms with Gasteiger partial charge in [-0.2, -0.15) is 0 Å². The lowest BCUT2D eigenvalue weighted by Gasteiger charge is -2.33. The Kier molecular flexibility index (Phi) is 10.9. The average molecular weight is 625 g/mol. The van der Waals surface area contributed by atoms with E-state index in [1.807, 2.05) is 20.8 Å². The van der Waals surface area contributed by atoms with Crippen molar-refractivity contribution in [1.29, 1.82) is 0 Å². The topological polar surface area (TPSA) is 86.8 Å². The van der Waals surface area contributed by atoms with Crippen molar-refractivity contribution in [1.82, 2.24) is 10.2 Å². The third kappa shape index (κ3) is 7.91. The molecule has 7 nitrogen and oxygen atoms in total. The van der Waals surface area contributed by atoms with Crippen molar-refractivity contribution in [2.45, 2.75) is 57.6 Å². The predicted octanol–water partition coefficient (Wildman–Crippen LogP) is 6.48. The maximum Gasteiger partial charge on any atom is 0.264 e. The Balaban J connectivity index is 2.11. The van der Waals surface area contributed by atoms with Crippen molar-refractivity contribution in [3.63, 3.8) is 0 Å². The molecule has 0 heterocycles. The number of hydrogen-bond donors (Lipinski definition) is 1. The fraction of sp³-hybridized carbons (Fsp3) is 0.310. The molecule has 0 aliphatic heterocycles. The summed E-state index contributed by atoms with van der Waals surface area (Å²) in [6.45, 7) is 6.66. The Labute approximate surface area is 251 Å². The molecule has 0 spiro atoms. The molecule has 3 aromatic carbocycles. The van der Waals surface area contributed by atoms with E-state index in [0.29, 0.717) is 17.0 Å². The molecule has 0 aromatic heterocycles. The summed E-state index contributed by atoms with van der Waals surface area (Å²) in [6, 6.07) is 16.6. The van der Waals surface area contributed by atoms with Crippen molar-refractivity contribution >= 4 is 62.3 Å². The molecule has 0 aliphatic rings. The second-order valence-electron chi connectivity index (χ2n) is 9.65. The second-order valence-corrected chi connectivity index (χ2v) is 12.8. The molecule has 0 radical (unpaired) electrons. The summed E-state index contributed by atoms with van der Waals surface area (Å²) in [5.41, 5.74) is 1.61. The number of aryl methyl sites for hydroxylation is 1. The summed E-state index contributed by atoms with van der Waals surface area (Å²) >= 11 is 18.9. The molecule has 2 amide bonds. The molecule has 1 atom stereocenters. The number of carbonyl (C=O) groups is 2. The van der Waals surface area contributed by atoms with E-state index in [2.05, 4.69) is 5.32 Å². The highest BCUT2D eigenvalue weighted by molar-refractivity contribution is 7.92. The first kappa shape index (κ1) is 31.7. The number of nitrogens with zero attached hydrogens (tertiary/aromatic N) is 2. The normalized spacial score (nSPS) is 12.2. The van der Waals surface area contributed by atoms with Gasteiger partial charge in [-0.1, -0.05) is 77.6 Å².